The molecule has 0 N–H and O–H groups in total. The van der Waals surface area contributed by atoms with E-state index in [4.69, 9.17) is 5.26 Å². The molecule has 0 amide bonds. The highest BCUT2D eigenvalue weighted by Crippen LogP contribution is 2.28. The van der Waals surface area contributed by atoms with E-state index in [1.165, 1.54) is 37.8 Å². The van der Waals surface area contributed by atoms with Crippen LogP contribution >= 0.6 is 0 Å². The van der Waals surface area contributed by atoms with Crippen LogP contribution < -0.4 is 0 Å². The molecular weight excluding hydrogens is 398 g/mol. The number of sulfone groups is 1. The fourth-order valence-corrected chi connectivity index (χ4v) is 5.92. The molecule has 0 atom stereocenters. The van der Waals surface area contributed by atoms with Crippen LogP contribution in [0, 0.1) is 11.3 Å². The topological polar surface area (TPSA) is 70.9 Å². The lowest BCUT2D eigenvalue weighted by Crippen LogP contribution is -2.46. The Bertz CT molecular complexity index is 716. The first-order chi connectivity index (χ1) is 14.4. The monoisotopic (exact) mass is 437 g/mol. The van der Waals surface area contributed by atoms with Crippen molar-refractivity contribution in [3.05, 3.63) is 11.2 Å². The van der Waals surface area contributed by atoms with Crippen molar-refractivity contribution in [1.82, 2.24) is 19.6 Å². The average Bonchev–Trinajstić information content (AvgIpc) is 3.10. The van der Waals surface area contributed by atoms with Gasteiger partial charge in [0.15, 0.2) is 9.84 Å². The molecular formula is C22H39N5O2S. The maximum atomic E-state index is 12.5. The number of hydrogen-bond donors (Lipinski definition) is 0. The van der Waals surface area contributed by atoms with Crippen molar-refractivity contribution in [3.63, 3.8) is 0 Å². The lowest BCUT2D eigenvalue weighted by atomic mass is 10.0. The van der Waals surface area contributed by atoms with E-state index in [2.05, 4.69) is 33.4 Å². The molecule has 0 aromatic rings. The van der Waals surface area contributed by atoms with E-state index in [0.29, 0.717) is 12.1 Å². The first kappa shape index (κ1) is 23.4. The van der Waals surface area contributed by atoms with Gasteiger partial charge in [-0.3, -0.25) is 0 Å². The lowest BCUT2D eigenvalue weighted by Gasteiger charge is -2.40. The van der Waals surface area contributed by atoms with Gasteiger partial charge < -0.3 is 19.6 Å². The van der Waals surface area contributed by atoms with Gasteiger partial charge in [0.2, 0.25) is 0 Å². The molecule has 7 nitrogen and oxygen atoms in total. The van der Waals surface area contributed by atoms with Gasteiger partial charge >= 0.3 is 0 Å². The van der Waals surface area contributed by atoms with Crippen molar-refractivity contribution >= 4 is 9.84 Å². The van der Waals surface area contributed by atoms with Gasteiger partial charge in [-0.25, -0.2) is 8.42 Å². The maximum Gasteiger partial charge on any atom is 0.188 e. The van der Waals surface area contributed by atoms with Crippen molar-refractivity contribution in [2.24, 2.45) is 0 Å². The lowest BCUT2D eigenvalue weighted by molar-refractivity contribution is 0.116. The molecule has 3 aliphatic rings. The zero-order chi connectivity index (χ0) is 21.6. The predicted octanol–water partition coefficient (Wildman–Crippen LogP) is 2.09. The van der Waals surface area contributed by atoms with E-state index in [1.807, 2.05) is 6.07 Å². The highest BCUT2D eigenvalue weighted by atomic mass is 32.2. The number of piperidine rings is 2. The molecule has 3 heterocycles. The minimum Gasteiger partial charge on any atom is -0.356 e. The SMILES string of the molecule is CC(C)N1CCC(N2CCN(CCCN3CCCCC3)/C2=C\S(=O)(=O)CC#N)CC1. The Morgan fingerprint density at radius 3 is 2.37 bits per heavy atom. The summed E-state index contributed by atoms with van der Waals surface area (Å²) in [6, 6.07) is 2.75. The highest BCUT2D eigenvalue weighted by molar-refractivity contribution is 7.94. The molecule has 0 radical (unpaired) electrons. The third kappa shape index (κ3) is 6.35. The van der Waals surface area contributed by atoms with Crippen LogP contribution in [-0.2, 0) is 9.84 Å². The summed E-state index contributed by atoms with van der Waals surface area (Å²) in [5.74, 6) is 0.379. The Balaban J connectivity index is 1.65. The first-order valence-electron chi connectivity index (χ1n) is 11.7. The number of rotatable bonds is 8. The van der Waals surface area contributed by atoms with Gasteiger partial charge in [0, 0.05) is 44.8 Å². The van der Waals surface area contributed by atoms with Gasteiger partial charge in [-0.05, 0) is 65.6 Å². The molecule has 0 aliphatic carbocycles. The molecule has 0 saturated carbocycles. The van der Waals surface area contributed by atoms with Crippen molar-refractivity contribution in [2.45, 2.75) is 64.5 Å². The zero-order valence-corrected chi connectivity index (χ0v) is 19.6. The third-order valence-corrected chi connectivity index (χ3v) is 7.90. The zero-order valence-electron chi connectivity index (χ0n) is 18.8. The van der Waals surface area contributed by atoms with Gasteiger partial charge in [-0.1, -0.05) is 6.42 Å². The fourth-order valence-electron chi connectivity index (χ4n) is 5.05. The highest BCUT2D eigenvalue weighted by Gasteiger charge is 2.34. The molecule has 3 aliphatic heterocycles. The van der Waals surface area contributed by atoms with Gasteiger partial charge in [-0.15, -0.1) is 0 Å². The van der Waals surface area contributed by atoms with Crippen LogP contribution in [0.1, 0.15) is 52.4 Å². The predicted molar refractivity (Wildman–Crippen MR) is 120 cm³/mol. The molecule has 30 heavy (non-hydrogen) atoms. The van der Waals surface area contributed by atoms with E-state index in [0.717, 1.165) is 64.4 Å². The summed E-state index contributed by atoms with van der Waals surface area (Å²) in [5.41, 5.74) is 0. The molecule has 3 fully saturated rings. The second-order valence-corrected chi connectivity index (χ2v) is 11.1. The van der Waals surface area contributed by atoms with Gasteiger partial charge in [0.05, 0.1) is 11.5 Å². The molecule has 3 rings (SSSR count). The Hall–Kier alpha value is -1.30. The molecule has 0 spiro atoms. The summed E-state index contributed by atoms with van der Waals surface area (Å²) < 4.78 is 24.9. The Kier molecular flexibility index (Phi) is 8.44. The van der Waals surface area contributed by atoms with Crippen LogP contribution in [-0.4, -0.2) is 98.2 Å². The summed E-state index contributed by atoms with van der Waals surface area (Å²) in [6.45, 7) is 12.7. The smallest absolute Gasteiger partial charge is 0.188 e. The minimum atomic E-state index is -3.52. The fraction of sp³-hybridized carbons (Fsp3) is 0.864. The van der Waals surface area contributed by atoms with E-state index in [9.17, 15) is 8.42 Å². The summed E-state index contributed by atoms with van der Waals surface area (Å²) in [4.78, 5) is 9.59. The summed E-state index contributed by atoms with van der Waals surface area (Å²) in [7, 11) is -3.52. The van der Waals surface area contributed by atoms with Gasteiger partial charge in [-0.2, -0.15) is 5.26 Å². The Morgan fingerprint density at radius 1 is 1.03 bits per heavy atom. The van der Waals surface area contributed by atoms with Crippen LogP contribution in [0.2, 0.25) is 0 Å². The maximum absolute atomic E-state index is 12.5. The molecule has 0 aromatic carbocycles. The molecule has 0 unspecified atom stereocenters. The van der Waals surface area contributed by atoms with Crippen molar-refractivity contribution in [1.29, 1.82) is 5.26 Å². The Morgan fingerprint density at radius 2 is 1.73 bits per heavy atom. The number of hydrogen-bond acceptors (Lipinski definition) is 7. The van der Waals surface area contributed by atoms with E-state index in [-0.39, 0.29) is 0 Å². The van der Waals surface area contributed by atoms with Crippen molar-refractivity contribution in [3.8, 4) is 6.07 Å². The van der Waals surface area contributed by atoms with E-state index in [1.54, 1.807) is 0 Å². The van der Waals surface area contributed by atoms with Gasteiger partial charge in [0.1, 0.15) is 11.6 Å². The number of likely N-dealkylation sites (tertiary alicyclic amines) is 2. The van der Waals surface area contributed by atoms with E-state index >= 15 is 0 Å². The van der Waals surface area contributed by atoms with Crippen molar-refractivity contribution < 1.29 is 8.42 Å². The average molecular weight is 438 g/mol. The van der Waals surface area contributed by atoms with Gasteiger partial charge in [0.25, 0.3) is 0 Å². The van der Waals surface area contributed by atoms with Crippen LogP contribution in [0.15, 0.2) is 11.2 Å². The third-order valence-electron chi connectivity index (χ3n) is 6.80. The molecule has 0 aromatic heterocycles. The van der Waals surface area contributed by atoms with Crippen LogP contribution in [0.25, 0.3) is 0 Å². The van der Waals surface area contributed by atoms with Crippen LogP contribution in [0.3, 0.4) is 0 Å². The normalized spacial score (nSPS) is 24.1. The Labute approximate surface area is 183 Å². The van der Waals surface area contributed by atoms with E-state index < -0.39 is 15.6 Å². The molecule has 170 valence electrons. The largest absolute Gasteiger partial charge is 0.356 e. The standard InChI is InChI=1S/C22H39N5O2S/c1-20(2)25-14-7-21(8-15-25)27-17-16-26(22(27)19-30(28,29)18-9-23)13-6-12-24-10-4-3-5-11-24/h19-21H,3-8,10-18H2,1-2H3/b22-19+. The second-order valence-electron chi connectivity index (χ2n) is 9.24. The summed E-state index contributed by atoms with van der Waals surface area (Å²) in [6.07, 6.45) is 7.12. The number of nitriles is 1. The summed E-state index contributed by atoms with van der Waals surface area (Å²) >= 11 is 0. The van der Waals surface area contributed by atoms with Crippen LogP contribution in [0.5, 0.6) is 0 Å². The number of nitrogens with zero attached hydrogens (tertiary/aromatic N) is 5. The molecule has 0 bridgehead atoms. The minimum absolute atomic E-state index is 0.385. The molecule has 3 saturated heterocycles. The van der Waals surface area contributed by atoms with Crippen molar-refractivity contribution in [2.75, 3.05) is 58.1 Å². The quantitative estimate of drug-likeness (QED) is 0.576. The molecule has 8 heteroatoms. The first-order valence-corrected chi connectivity index (χ1v) is 13.4. The summed E-state index contributed by atoms with van der Waals surface area (Å²) in [5, 5.41) is 10.3. The second kappa shape index (κ2) is 10.8. The van der Waals surface area contributed by atoms with Crippen LogP contribution in [0.4, 0.5) is 0 Å².